The van der Waals surface area contributed by atoms with Crippen molar-refractivity contribution in [3.05, 3.63) is 69.3 Å². The SMILES string of the molecule is COc1cccc(/C=C2\CCCc3c2nc2ccc(C(=O)O)cn2c3=O)c1OC. The molecule has 29 heavy (non-hydrogen) atoms. The van der Waals surface area contributed by atoms with Gasteiger partial charge in [0.2, 0.25) is 0 Å². The maximum absolute atomic E-state index is 13.0. The van der Waals surface area contributed by atoms with Gasteiger partial charge in [-0.3, -0.25) is 9.20 Å². The molecule has 0 amide bonds. The number of ether oxygens (including phenoxy) is 2. The molecular weight excluding hydrogens is 372 g/mol. The topological polar surface area (TPSA) is 90.1 Å². The number of carboxylic acid groups (broad SMARTS) is 1. The maximum atomic E-state index is 13.0. The highest BCUT2D eigenvalue weighted by atomic mass is 16.5. The molecular formula is C22H20N2O5. The van der Waals surface area contributed by atoms with Gasteiger partial charge in [-0.1, -0.05) is 12.1 Å². The van der Waals surface area contributed by atoms with Crippen LogP contribution in [-0.4, -0.2) is 34.7 Å². The van der Waals surface area contributed by atoms with Crippen molar-refractivity contribution < 1.29 is 19.4 Å². The molecule has 0 fully saturated rings. The minimum atomic E-state index is -1.08. The van der Waals surface area contributed by atoms with Gasteiger partial charge in [-0.05, 0) is 49.1 Å². The summed E-state index contributed by atoms with van der Waals surface area (Å²) < 4.78 is 12.2. The molecule has 0 spiro atoms. The Balaban J connectivity index is 1.91. The molecule has 2 aromatic heterocycles. The van der Waals surface area contributed by atoms with Gasteiger partial charge in [0.25, 0.3) is 5.56 Å². The number of pyridine rings is 1. The zero-order valence-electron chi connectivity index (χ0n) is 16.1. The highest BCUT2D eigenvalue weighted by Crippen LogP contribution is 2.36. The molecule has 2 heterocycles. The Morgan fingerprint density at radius 1 is 1.17 bits per heavy atom. The van der Waals surface area contributed by atoms with E-state index in [0.717, 1.165) is 24.0 Å². The number of fused-ring (bicyclic) bond motifs is 2. The second kappa shape index (κ2) is 7.43. The van der Waals surface area contributed by atoms with E-state index in [-0.39, 0.29) is 11.1 Å². The van der Waals surface area contributed by atoms with Crippen LogP contribution in [0.5, 0.6) is 11.5 Å². The number of aromatic nitrogens is 2. The third-order valence-corrected chi connectivity index (χ3v) is 5.10. The zero-order chi connectivity index (χ0) is 20.5. The van der Waals surface area contributed by atoms with Crippen LogP contribution in [-0.2, 0) is 6.42 Å². The number of methoxy groups -OCH3 is 2. The summed E-state index contributed by atoms with van der Waals surface area (Å²) in [7, 11) is 3.18. The van der Waals surface area contributed by atoms with Crippen LogP contribution in [0, 0.1) is 0 Å². The van der Waals surface area contributed by atoms with Gasteiger partial charge in [-0.25, -0.2) is 9.78 Å². The molecule has 0 saturated carbocycles. The smallest absolute Gasteiger partial charge is 0.337 e. The fourth-order valence-electron chi connectivity index (χ4n) is 3.72. The Hall–Kier alpha value is -3.61. The van der Waals surface area contributed by atoms with E-state index in [1.54, 1.807) is 20.3 Å². The number of carboxylic acids is 1. The standard InChI is InChI=1S/C22H20N2O5/c1-28-17-8-4-6-14(20(17)29-2)11-13-5-3-7-16-19(13)23-18-10-9-15(22(26)27)12-24(18)21(16)25/h4,6,8-12H,3,5,7H2,1-2H3,(H,26,27)/b13-11+. The predicted octanol–water partition coefficient (Wildman–Crippen LogP) is 3.29. The Bertz CT molecular complexity index is 1210. The molecule has 0 unspecified atom stereocenters. The van der Waals surface area contributed by atoms with E-state index in [4.69, 9.17) is 9.47 Å². The van der Waals surface area contributed by atoms with Crippen molar-refractivity contribution in [3.63, 3.8) is 0 Å². The van der Waals surface area contributed by atoms with Crippen LogP contribution in [0.4, 0.5) is 0 Å². The third-order valence-electron chi connectivity index (χ3n) is 5.10. The van der Waals surface area contributed by atoms with Gasteiger partial charge < -0.3 is 14.6 Å². The number of allylic oxidation sites excluding steroid dienone is 1. The van der Waals surface area contributed by atoms with E-state index in [1.165, 1.54) is 16.7 Å². The van der Waals surface area contributed by atoms with Crippen molar-refractivity contribution in [2.24, 2.45) is 0 Å². The van der Waals surface area contributed by atoms with Gasteiger partial charge in [0.15, 0.2) is 11.5 Å². The zero-order valence-corrected chi connectivity index (χ0v) is 16.1. The molecule has 3 aromatic rings. The van der Waals surface area contributed by atoms with Crippen LogP contribution in [0.3, 0.4) is 0 Å². The van der Waals surface area contributed by atoms with E-state index in [9.17, 15) is 14.7 Å². The number of aromatic carboxylic acids is 1. The lowest BCUT2D eigenvalue weighted by Gasteiger charge is -2.19. The summed E-state index contributed by atoms with van der Waals surface area (Å²) in [5.74, 6) is 0.172. The molecule has 4 rings (SSSR count). The van der Waals surface area contributed by atoms with Crippen LogP contribution < -0.4 is 15.0 Å². The number of para-hydroxylation sites is 1. The number of carbonyl (C=O) groups is 1. The summed E-state index contributed by atoms with van der Waals surface area (Å²) in [6, 6.07) is 8.65. The largest absolute Gasteiger partial charge is 0.493 e. The molecule has 7 heteroatoms. The molecule has 148 valence electrons. The Morgan fingerprint density at radius 2 is 2.00 bits per heavy atom. The first kappa shape index (κ1) is 18.7. The van der Waals surface area contributed by atoms with Crippen LogP contribution in [0.25, 0.3) is 17.3 Å². The second-order valence-corrected chi connectivity index (χ2v) is 6.80. The van der Waals surface area contributed by atoms with E-state index in [0.29, 0.717) is 34.8 Å². The Labute approximate surface area is 166 Å². The molecule has 0 aliphatic heterocycles. The monoisotopic (exact) mass is 392 g/mol. The second-order valence-electron chi connectivity index (χ2n) is 6.80. The van der Waals surface area contributed by atoms with E-state index in [2.05, 4.69) is 4.98 Å². The van der Waals surface area contributed by atoms with Crippen LogP contribution in [0.1, 0.15) is 40.0 Å². The summed E-state index contributed by atoms with van der Waals surface area (Å²) in [4.78, 5) is 29.0. The van der Waals surface area contributed by atoms with Crippen molar-refractivity contribution >= 4 is 23.3 Å². The number of rotatable bonds is 4. The van der Waals surface area contributed by atoms with Gasteiger partial charge in [0.1, 0.15) is 5.65 Å². The van der Waals surface area contributed by atoms with Crippen molar-refractivity contribution in [1.29, 1.82) is 0 Å². The molecule has 0 saturated heterocycles. The summed E-state index contributed by atoms with van der Waals surface area (Å²) in [5, 5.41) is 9.20. The first-order valence-electron chi connectivity index (χ1n) is 9.24. The summed E-state index contributed by atoms with van der Waals surface area (Å²) in [6.07, 6.45) is 5.51. The average Bonchev–Trinajstić information content (AvgIpc) is 2.74. The lowest BCUT2D eigenvalue weighted by Crippen LogP contribution is -2.25. The van der Waals surface area contributed by atoms with Gasteiger partial charge in [0, 0.05) is 17.3 Å². The van der Waals surface area contributed by atoms with Gasteiger partial charge in [0.05, 0.1) is 25.5 Å². The highest BCUT2D eigenvalue weighted by Gasteiger charge is 2.22. The van der Waals surface area contributed by atoms with Crippen molar-refractivity contribution in [3.8, 4) is 11.5 Å². The maximum Gasteiger partial charge on any atom is 0.337 e. The predicted molar refractivity (Wildman–Crippen MR) is 109 cm³/mol. The first-order chi connectivity index (χ1) is 14.0. The third kappa shape index (κ3) is 3.24. The van der Waals surface area contributed by atoms with Crippen molar-refractivity contribution in [2.45, 2.75) is 19.3 Å². The fraction of sp³-hybridized carbons (Fsp3) is 0.227. The molecule has 0 atom stereocenters. The van der Waals surface area contributed by atoms with E-state index < -0.39 is 5.97 Å². The highest BCUT2D eigenvalue weighted by molar-refractivity contribution is 5.88. The van der Waals surface area contributed by atoms with Gasteiger partial charge in [-0.15, -0.1) is 0 Å². The number of hydrogen-bond acceptors (Lipinski definition) is 5. The summed E-state index contributed by atoms with van der Waals surface area (Å²) >= 11 is 0. The normalized spacial score (nSPS) is 14.6. The lowest BCUT2D eigenvalue weighted by molar-refractivity contribution is 0.0696. The van der Waals surface area contributed by atoms with E-state index >= 15 is 0 Å². The number of hydrogen-bond donors (Lipinski definition) is 1. The fourth-order valence-corrected chi connectivity index (χ4v) is 3.72. The minimum Gasteiger partial charge on any atom is -0.493 e. The van der Waals surface area contributed by atoms with E-state index in [1.807, 2.05) is 24.3 Å². The summed E-state index contributed by atoms with van der Waals surface area (Å²) in [6.45, 7) is 0. The Kier molecular flexibility index (Phi) is 4.80. The van der Waals surface area contributed by atoms with Crippen LogP contribution >= 0.6 is 0 Å². The summed E-state index contributed by atoms with van der Waals surface area (Å²) in [5.41, 5.74) is 3.30. The lowest BCUT2D eigenvalue weighted by atomic mass is 9.90. The molecule has 1 aromatic carbocycles. The molecule has 1 aliphatic rings. The van der Waals surface area contributed by atoms with Crippen molar-refractivity contribution in [2.75, 3.05) is 14.2 Å². The molecule has 1 N–H and O–H groups in total. The van der Waals surface area contributed by atoms with Gasteiger partial charge in [-0.2, -0.15) is 0 Å². The molecule has 0 bridgehead atoms. The number of benzene rings is 1. The molecule has 0 radical (unpaired) electrons. The minimum absolute atomic E-state index is 0.0500. The van der Waals surface area contributed by atoms with Crippen LogP contribution in [0.15, 0.2) is 41.3 Å². The van der Waals surface area contributed by atoms with Gasteiger partial charge >= 0.3 is 5.97 Å². The Morgan fingerprint density at radius 3 is 2.72 bits per heavy atom. The van der Waals surface area contributed by atoms with Crippen molar-refractivity contribution in [1.82, 2.24) is 9.38 Å². The number of nitrogens with zero attached hydrogens (tertiary/aromatic N) is 2. The first-order valence-corrected chi connectivity index (χ1v) is 9.24. The average molecular weight is 392 g/mol. The molecule has 7 nitrogen and oxygen atoms in total. The van der Waals surface area contributed by atoms with Crippen LogP contribution in [0.2, 0.25) is 0 Å². The molecule has 1 aliphatic carbocycles. The quantitative estimate of drug-likeness (QED) is 0.733.